The zero-order valence-corrected chi connectivity index (χ0v) is 14.0. The summed E-state index contributed by atoms with van der Waals surface area (Å²) in [5.74, 6) is 0.997. The maximum atomic E-state index is 4.72. The largest absolute Gasteiger partial charge is 1.00 e. The van der Waals surface area contributed by atoms with Crippen LogP contribution in [0.15, 0.2) is 4.99 Å². The molecule has 0 amide bonds. The van der Waals surface area contributed by atoms with Crippen LogP contribution in [0, 0.1) is 0 Å². The third-order valence-electron chi connectivity index (χ3n) is 2.57. The van der Waals surface area contributed by atoms with E-state index in [-0.39, 0.29) is 22.6 Å². The minimum atomic E-state index is -0.0240. The Morgan fingerprint density at radius 1 is 1.17 bits per heavy atom. The first-order valence-electron chi connectivity index (χ1n) is 6.84. The predicted molar refractivity (Wildman–Crippen MR) is 78.1 cm³/mol. The molecule has 0 heterocycles. The van der Waals surface area contributed by atoms with Gasteiger partial charge in [0.15, 0.2) is 0 Å². The van der Waals surface area contributed by atoms with E-state index in [1.165, 1.54) is 0 Å². The fourth-order valence-electron chi connectivity index (χ4n) is 1.74. The van der Waals surface area contributed by atoms with Crippen LogP contribution in [0.5, 0.6) is 0 Å². The van der Waals surface area contributed by atoms with Gasteiger partial charge in [0.2, 0.25) is 0 Å². The summed E-state index contributed by atoms with van der Waals surface area (Å²) in [4.78, 5) is 7.06. The minimum Gasteiger partial charge on any atom is -0.465 e. The van der Waals surface area contributed by atoms with E-state index >= 15 is 0 Å². The molecule has 0 aliphatic carbocycles. The van der Waals surface area contributed by atoms with Gasteiger partial charge in [0.1, 0.15) is 0 Å². The molecule has 0 aromatic heterocycles. The molecule has 112 valence electrons. The van der Waals surface area contributed by atoms with Crippen molar-refractivity contribution < 1.29 is 17.1 Å². The zero-order valence-electron chi connectivity index (χ0n) is 13.0. The van der Waals surface area contributed by atoms with Crippen LogP contribution in [0.2, 0.25) is 0 Å². The van der Waals surface area contributed by atoms with Gasteiger partial charge in [-0.05, 0) is 37.6 Å². The van der Waals surface area contributed by atoms with Crippen LogP contribution in [0.3, 0.4) is 0 Å². The molecule has 0 fully saturated rings. The first-order chi connectivity index (χ1) is 7.82. The SMILES string of the molecule is CCC(=NC(C)(C)C)[N-]C(C)CN(CC)CC.[Cu+]. The molecule has 0 aliphatic rings. The van der Waals surface area contributed by atoms with E-state index in [1.807, 2.05) is 0 Å². The van der Waals surface area contributed by atoms with E-state index < -0.39 is 0 Å². The van der Waals surface area contributed by atoms with Crippen LogP contribution >= 0.6 is 0 Å². The fraction of sp³-hybridized carbons (Fsp3) is 0.929. The van der Waals surface area contributed by atoms with Crippen LogP contribution in [0.25, 0.3) is 5.32 Å². The molecule has 0 aromatic carbocycles. The molecule has 4 heteroatoms. The standard InChI is InChI=1S/C14H30N3.Cu/c1-8-13(16-14(5,6)7)15-12(4)11-17(9-2)10-3;/h12H,8-11H2,1-7H3;/q-1;+1. The Morgan fingerprint density at radius 3 is 2.00 bits per heavy atom. The molecule has 0 aromatic rings. The van der Waals surface area contributed by atoms with Crippen LogP contribution in [-0.4, -0.2) is 42.0 Å². The maximum Gasteiger partial charge on any atom is 1.00 e. The number of hydrogen-bond donors (Lipinski definition) is 0. The molecule has 1 unspecified atom stereocenters. The predicted octanol–water partition coefficient (Wildman–Crippen LogP) is 3.69. The number of likely N-dealkylation sites (N-methyl/N-ethyl adjacent to an activating group) is 1. The number of amidine groups is 1. The third kappa shape index (κ3) is 9.93. The Hall–Kier alpha value is -0.0505. The summed E-state index contributed by atoms with van der Waals surface area (Å²) >= 11 is 0. The second-order valence-corrected chi connectivity index (χ2v) is 5.52. The Balaban J connectivity index is 0. The number of aliphatic imine (C=N–C) groups is 1. The second kappa shape index (κ2) is 9.82. The average Bonchev–Trinajstić information content (AvgIpc) is 2.23. The van der Waals surface area contributed by atoms with Gasteiger partial charge in [0.25, 0.3) is 0 Å². The molecule has 0 N–H and O–H groups in total. The summed E-state index contributed by atoms with van der Waals surface area (Å²) in [6.07, 6.45) is 0.917. The van der Waals surface area contributed by atoms with Crippen molar-refractivity contribution in [2.24, 2.45) is 4.99 Å². The quantitative estimate of drug-likeness (QED) is 0.418. The molecule has 18 heavy (non-hydrogen) atoms. The van der Waals surface area contributed by atoms with E-state index in [4.69, 9.17) is 5.32 Å². The zero-order chi connectivity index (χ0) is 13.5. The Morgan fingerprint density at radius 2 is 1.67 bits per heavy atom. The van der Waals surface area contributed by atoms with Crippen molar-refractivity contribution in [1.29, 1.82) is 0 Å². The van der Waals surface area contributed by atoms with E-state index in [0.717, 1.165) is 31.9 Å². The average molecular weight is 304 g/mol. The molecular weight excluding hydrogens is 274 g/mol. The normalized spacial score (nSPS) is 14.3. The summed E-state index contributed by atoms with van der Waals surface area (Å²) in [5, 5.41) is 4.72. The van der Waals surface area contributed by atoms with E-state index in [1.54, 1.807) is 0 Å². The smallest absolute Gasteiger partial charge is 0.465 e. The molecule has 0 spiro atoms. The van der Waals surface area contributed by atoms with Gasteiger partial charge in [-0.2, -0.15) is 0 Å². The molecule has 1 atom stereocenters. The van der Waals surface area contributed by atoms with Gasteiger partial charge >= 0.3 is 17.1 Å². The minimum absolute atomic E-state index is 0. The Kier molecular flexibility index (Phi) is 11.1. The maximum absolute atomic E-state index is 4.72. The monoisotopic (exact) mass is 303 g/mol. The van der Waals surface area contributed by atoms with Crippen molar-refractivity contribution in [3.8, 4) is 0 Å². The first-order valence-corrected chi connectivity index (χ1v) is 6.84. The van der Waals surface area contributed by atoms with Gasteiger partial charge < -0.3 is 15.2 Å². The van der Waals surface area contributed by atoms with Gasteiger partial charge in [-0.1, -0.05) is 54.3 Å². The molecule has 0 rings (SSSR count). The van der Waals surface area contributed by atoms with E-state index in [9.17, 15) is 0 Å². The number of hydrogen-bond acceptors (Lipinski definition) is 2. The van der Waals surface area contributed by atoms with Crippen molar-refractivity contribution in [2.45, 2.75) is 66.5 Å². The molecule has 3 nitrogen and oxygen atoms in total. The van der Waals surface area contributed by atoms with Crippen molar-refractivity contribution in [1.82, 2.24) is 4.90 Å². The molecule has 0 saturated carbocycles. The number of nitrogens with zero attached hydrogens (tertiary/aromatic N) is 3. The summed E-state index contributed by atoms with van der Waals surface area (Å²) in [6.45, 7) is 18.2. The van der Waals surface area contributed by atoms with Gasteiger partial charge in [0.05, 0.1) is 0 Å². The van der Waals surface area contributed by atoms with Crippen molar-refractivity contribution in [3.05, 3.63) is 5.32 Å². The summed E-state index contributed by atoms with van der Waals surface area (Å²) in [6, 6.07) is 0.330. The fourth-order valence-corrected chi connectivity index (χ4v) is 1.74. The molecular formula is C14H30CuN3. The summed E-state index contributed by atoms with van der Waals surface area (Å²) < 4.78 is 0. The van der Waals surface area contributed by atoms with Crippen LogP contribution in [0.4, 0.5) is 0 Å². The number of rotatable bonds is 6. The van der Waals surface area contributed by atoms with Crippen LogP contribution < -0.4 is 0 Å². The van der Waals surface area contributed by atoms with E-state index in [2.05, 4.69) is 58.4 Å². The topological polar surface area (TPSA) is 29.7 Å². The molecule has 0 bridgehead atoms. The van der Waals surface area contributed by atoms with Crippen molar-refractivity contribution >= 4 is 5.84 Å². The van der Waals surface area contributed by atoms with Gasteiger partial charge in [-0.25, -0.2) is 0 Å². The molecule has 0 saturated heterocycles. The van der Waals surface area contributed by atoms with Crippen molar-refractivity contribution in [2.75, 3.05) is 19.6 Å². The third-order valence-corrected chi connectivity index (χ3v) is 2.57. The molecule has 0 aliphatic heterocycles. The first kappa shape index (κ1) is 20.3. The Labute approximate surface area is 124 Å². The van der Waals surface area contributed by atoms with Gasteiger partial charge in [-0.15, -0.1) is 0 Å². The summed E-state index contributed by atoms with van der Waals surface area (Å²) in [7, 11) is 0. The van der Waals surface area contributed by atoms with E-state index in [0.29, 0.717) is 6.04 Å². The second-order valence-electron chi connectivity index (χ2n) is 5.52. The van der Waals surface area contributed by atoms with Crippen LogP contribution in [-0.2, 0) is 17.1 Å². The summed E-state index contributed by atoms with van der Waals surface area (Å²) in [5.41, 5.74) is -0.0240. The Bertz CT molecular complexity index is 230. The van der Waals surface area contributed by atoms with Gasteiger partial charge in [0, 0.05) is 0 Å². The van der Waals surface area contributed by atoms with Gasteiger partial charge in [-0.3, -0.25) is 0 Å². The van der Waals surface area contributed by atoms with Crippen LogP contribution in [0.1, 0.15) is 54.9 Å². The molecule has 0 radical (unpaired) electrons. The van der Waals surface area contributed by atoms with Crippen molar-refractivity contribution in [3.63, 3.8) is 0 Å².